The van der Waals surface area contributed by atoms with E-state index in [1.54, 1.807) is 19.2 Å². The number of aliphatic imine (C=N–C) groups is 1. The van der Waals surface area contributed by atoms with Crippen LogP contribution in [0.1, 0.15) is 31.0 Å². The summed E-state index contributed by atoms with van der Waals surface area (Å²) in [5.74, 6) is 1.67. The summed E-state index contributed by atoms with van der Waals surface area (Å²) >= 11 is 0. The first-order chi connectivity index (χ1) is 13.5. The van der Waals surface area contributed by atoms with Gasteiger partial charge in [0.2, 0.25) is 0 Å². The predicted octanol–water partition coefficient (Wildman–Crippen LogP) is 3.50. The Morgan fingerprint density at radius 2 is 1.86 bits per heavy atom. The molecule has 1 atom stereocenters. The summed E-state index contributed by atoms with van der Waals surface area (Å²) in [4.78, 5) is 16.1. The number of pyridine rings is 1. The molecule has 160 valence electrons. The highest BCUT2D eigenvalue weighted by atomic mass is 127. The first-order valence-corrected chi connectivity index (χ1v) is 9.84. The van der Waals surface area contributed by atoms with Gasteiger partial charge in [-0.25, -0.2) is 0 Å². The summed E-state index contributed by atoms with van der Waals surface area (Å²) in [5, 5.41) is 6.61. The molecule has 0 fully saturated rings. The van der Waals surface area contributed by atoms with Crippen LogP contribution in [-0.2, 0) is 6.54 Å². The van der Waals surface area contributed by atoms with E-state index in [-0.39, 0.29) is 35.6 Å². The standard InChI is InChI=1S/C22H32N4O2.HI/c1-17-10-5-6-12-20(17)28-19(3)16-25-22(23-4)24-14-7-8-15-26-18(2)11-9-13-21(26)27;/h5-6,9-13,19H,7-8,14-16H2,1-4H3,(H2,23,24,25);1H. The number of benzene rings is 1. The third kappa shape index (κ3) is 8.47. The SMILES string of the molecule is CN=C(NCCCCn1c(C)cccc1=O)NCC(C)Oc1ccccc1C.I. The van der Waals surface area contributed by atoms with E-state index in [1.165, 1.54) is 0 Å². The molecule has 2 N–H and O–H groups in total. The second-order valence-corrected chi connectivity index (χ2v) is 6.94. The van der Waals surface area contributed by atoms with Crippen molar-refractivity contribution in [3.63, 3.8) is 0 Å². The molecule has 1 aromatic carbocycles. The lowest BCUT2D eigenvalue weighted by Crippen LogP contribution is -2.42. The largest absolute Gasteiger partial charge is 0.489 e. The summed E-state index contributed by atoms with van der Waals surface area (Å²) in [6.07, 6.45) is 1.91. The second-order valence-electron chi connectivity index (χ2n) is 6.94. The van der Waals surface area contributed by atoms with Crippen LogP contribution in [-0.4, -0.2) is 36.8 Å². The van der Waals surface area contributed by atoms with E-state index in [0.717, 1.165) is 48.9 Å². The van der Waals surface area contributed by atoms with Gasteiger partial charge in [0.15, 0.2) is 5.96 Å². The fourth-order valence-corrected chi connectivity index (χ4v) is 2.92. The number of aryl methyl sites for hydroxylation is 2. The van der Waals surface area contributed by atoms with Crippen LogP contribution >= 0.6 is 24.0 Å². The van der Waals surface area contributed by atoms with Gasteiger partial charge in [-0.1, -0.05) is 24.3 Å². The number of para-hydroxylation sites is 1. The number of hydrogen-bond acceptors (Lipinski definition) is 3. The molecule has 0 saturated heterocycles. The maximum absolute atomic E-state index is 11.9. The molecular weight excluding hydrogens is 479 g/mol. The van der Waals surface area contributed by atoms with Crippen molar-refractivity contribution in [2.75, 3.05) is 20.1 Å². The van der Waals surface area contributed by atoms with Crippen LogP contribution in [0.2, 0.25) is 0 Å². The maximum Gasteiger partial charge on any atom is 0.250 e. The smallest absolute Gasteiger partial charge is 0.250 e. The Balaban J connectivity index is 0.00000420. The van der Waals surface area contributed by atoms with Crippen molar-refractivity contribution in [3.05, 3.63) is 64.1 Å². The number of halogens is 1. The molecule has 0 bridgehead atoms. The fraction of sp³-hybridized carbons (Fsp3) is 0.455. The van der Waals surface area contributed by atoms with Crippen LogP contribution in [0, 0.1) is 13.8 Å². The number of ether oxygens (including phenoxy) is 1. The molecule has 29 heavy (non-hydrogen) atoms. The highest BCUT2D eigenvalue weighted by Crippen LogP contribution is 2.17. The van der Waals surface area contributed by atoms with Gasteiger partial charge in [0.05, 0.1) is 6.54 Å². The number of unbranched alkanes of at least 4 members (excludes halogenated alkanes) is 1. The summed E-state index contributed by atoms with van der Waals surface area (Å²) in [6.45, 7) is 8.24. The van der Waals surface area contributed by atoms with Crippen LogP contribution in [0.4, 0.5) is 0 Å². The van der Waals surface area contributed by atoms with E-state index in [1.807, 2.05) is 55.7 Å². The Labute approximate surface area is 190 Å². The molecule has 7 heteroatoms. The minimum atomic E-state index is 0. The Morgan fingerprint density at radius 1 is 1.10 bits per heavy atom. The van der Waals surface area contributed by atoms with Gasteiger partial charge in [0, 0.05) is 31.9 Å². The van der Waals surface area contributed by atoms with Crippen LogP contribution < -0.4 is 20.9 Å². The third-order valence-corrected chi connectivity index (χ3v) is 4.57. The molecule has 2 aromatic rings. The van der Waals surface area contributed by atoms with E-state index in [4.69, 9.17) is 4.74 Å². The van der Waals surface area contributed by atoms with Crippen LogP contribution in [0.3, 0.4) is 0 Å². The molecule has 0 aliphatic rings. The van der Waals surface area contributed by atoms with Crippen molar-refractivity contribution in [3.8, 4) is 5.75 Å². The Bertz CT molecular complexity index is 836. The van der Waals surface area contributed by atoms with Crippen LogP contribution in [0.15, 0.2) is 52.3 Å². The molecule has 0 spiro atoms. The molecule has 0 radical (unpaired) electrons. The molecule has 0 saturated carbocycles. The van der Waals surface area contributed by atoms with Crippen LogP contribution in [0.5, 0.6) is 5.75 Å². The molecule has 0 aliphatic carbocycles. The van der Waals surface area contributed by atoms with Crippen LogP contribution in [0.25, 0.3) is 0 Å². The molecule has 1 unspecified atom stereocenters. The molecule has 0 amide bonds. The van der Waals surface area contributed by atoms with Gasteiger partial charge in [-0.05, 0) is 51.3 Å². The van der Waals surface area contributed by atoms with E-state index < -0.39 is 0 Å². The molecule has 1 heterocycles. The Morgan fingerprint density at radius 3 is 2.55 bits per heavy atom. The van der Waals surface area contributed by atoms with E-state index in [9.17, 15) is 4.79 Å². The van der Waals surface area contributed by atoms with Gasteiger partial charge in [0.25, 0.3) is 5.56 Å². The zero-order valence-corrected chi connectivity index (χ0v) is 20.1. The van der Waals surface area contributed by atoms with Gasteiger partial charge < -0.3 is 19.9 Å². The topological polar surface area (TPSA) is 67.7 Å². The number of rotatable bonds is 9. The van der Waals surface area contributed by atoms with Gasteiger partial charge in [-0.3, -0.25) is 9.79 Å². The van der Waals surface area contributed by atoms with E-state index in [2.05, 4.69) is 15.6 Å². The average molecular weight is 512 g/mol. The summed E-state index contributed by atoms with van der Waals surface area (Å²) in [5.41, 5.74) is 2.19. The highest BCUT2D eigenvalue weighted by molar-refractivity contribution is 14.0. The van der Waals surface area contributed by atoms with Gasteiger partial charge >= 0.3 is 0 Å². The van der Waals surface area contributed by atoms with E-state index in [0.29, 0.717) is 6.54 Å². The summed E-state index contributed by atoms with van der Waals surface area (Å²) < 4.78 is 7.79. The Kier molecular flexibility index (Phi) is 11.4. The van der Waals surface area contributed by atoms with Gasteiger partial charge in [-0.2, -0.15) is 0 Å². The second kappa shape index (κ2) is 13.2. The number of hydrogen-bond donors (Lipinski definition) is 2. The normalized spacial score (nSPS) is 12.1. The zero-order valence-electron chi connectivity index (χ0n) is 17.8. The van der Waals surface area contributed by atoms with Gasteiger partial charge in [-0.15, -0.1) is 24.0 Å². The molecule has 1 aromatic heterocycles. The number of aromatic nitrogens is 1. The first-order valence-electron chi connectivity index (χ1n) is 9.84. The van der Waals surface area contributed by atoms with E-state index >= 15 is 0 Å². The predicted molar refractivity (Wildman–Crippen MR) is 131 cm³/mol. The van der Waals surface area contributed by atoms with Crippen molar-refractivity contribution < 1.29 is 4.74 Å². The third-order valence-electron chi connectivity index (χ3n) is 4.57. The molecule has 2 rings (SSSR count). The fourth-order valence-electron chi connectivity index (χ4n) is 2.92. The maximum atomic E-state index is 11.9. The highest BCUT2D eigenvalue weighted by Gasteiger charge is 2.07. The summed E-state index contributed by atoms with van der Waals surface area (Å²) in [7, 11) is 1.76. The van der Waals surface area contributed by atoms with Crippen molar-refractivity contribution in [2.45, 2.75) is 46.3 Å². The lowest BCUT2D eigenvalue weighted by atomic mass is 10.2. The van der Waals surface area contributed by atoms with Crippen molar-refractivity contribution in [1.29, 1.82) is 0 Å². The lowest BCUT2D eigenvalue weighted by molar-refractivity contribution is 0.222. The summed E-state index contributed by atoms with van der Waals surface area (Å²) in [6, 6.07) is 13.4. The van der Waals surface area contributed by atoms with Gasteiger partial charge in [0.1, 0.15) is 11.9 Å². The monoisotopic (exact) mass is 512 g/mol. The molecule has 6 nitrogen and oxygen atoms in total. The average Bonchev–Trinajstić information content (AvgIpc) is 2.67. The van der Waals surface area contributed by atoms with Crippen molar-refractivity contribution in [2.24, 2.45) is 4.99 Å². The molecule has 0 aliphatic heterocycles. The Hall–Kier alpha value is -2.03. The lowest BCUT2D eigenvalue weighted by Gasteiger charge is -2.19. The van der Waals surface area contributed by atoms with Crippen molar-refractivity contribution >= 4 is 29.9 Å². The number of nitrogens with zero attached hydrogens (tertiary/aromatic N) is 2. The minimum Gasteiger partial charge on any atom is -0.489 e. The number of nitrogens with one attached hydrogen (secondary N) is 2. The molecular formula is C22H33IN4O2. The quantitative estimate of drug-likeness (QED) is 0.234. The number of guanidine groups is 1. The first kappa shape index (κ1) is 25.0. The van der Waals surface area contributed by atoms with Crippen molar-refractivity contribution in [1.82, 2.24) is 15.2 Å². The zero-order chi connectivity index (χ0) is 20.4. The minimum absolute atomic E-state index is 0.